The van der Waals surface area contributed by atoms with Gasteiger partial charge in [0.2, 0.25) is 0 Å². The van der Waals surface area contributed by atoms with E-state index in [1.807, 2.05) is 0 Å². The molecule has 2 saturated heterocycles. The Morgan fingerprint density at radius 3 is 2.50 bits per heavy atom. The normalized spacial score (nSPS) is 41.4. The third-order valence-corrected chi connectivity index (χ3v) is 5.91. The van der Waals surface area contributed by atoms with Gasteiger partial charge in [-0.2, -0.15) is 0 Å². The molecule has 0 aromatic carbocycles. The first-order valence-electron chi connectivity index (χ1n) is 7.99. The standard InChI is InChI=1S/C14H21B4NO3/c1-11-4-2-3-9(11)7-19(8-11)14(17,18)10-5-12(15,16)22-13(20,21)6-10/h9-10,20-21H,2-8H2,1H3/t9?,10?,11-/m1/s1. The number of aliphatic hydroxyl groups is 2. The highest BCUT2D eigenvalue weighted by atomic mass is 16.8. The lowest BCUT2D eigenvalue weighted by atomic mass is 9.47. The van der Waals surface area contributed by atoms with Gasteiger partial charge in [-0.1, -0.05) is 18.7 Å². The molecular weight excluding hydrogens is 273 g/mol. The maximum absolute atomic E-state index is 9.84. The fourth-order valence-corrected chi connectivity index (χ4v) is 4.64. The minimum Gasteiger partial charge on any atom is -0.343 e. The van der Waals surface area contributed by atoms with Crippen molar-refractivity contribution >= 4 is 31.4 Å². The summed E-state index contributed by atoms with van der Waals surface area (Å²) in [4.78, 5) is 2.05. The molecule has 22 heavy (non-hydrogen) atoms. The molecule has 0 spiro atoms. The number of hydrogen-bond acceptors (Lipinski definition) is 4. The van der Waals surface area contributed by atoms with Crippen LogP contribution in [0.5, 0.6) is 0 Å². The van der Waals surface area contributed by atoms with E-state index in [2.05, 4.69) is 11.8 Å². The van der Waals surface area contributed by atoms with Crippen molar-refractivity contribution in [1.29, 1.82) is 0 Å². The zero-order valence-electron chi connectivity index (χ0n) is 13.2. The predicted molar refractivity (Wildman–Crippen MR) is 86.5 cm³/mol. The van der Waals surface area contributed by atoms with Crippen molar-refractivity contribution in [1.82, 2.24) is 4.90 Å². The summed E-state index contributed by atoms with van der Waals surface area (Å²) in [6.45, 7) is 3.92. The zero-order valence-corrected chi connectivity index (χ0v) is 13.2. The van der Waals surface area contributed by atoms with E-state index in [0.29, 0.717) is 5.92 Å². The third kappa shape index (κ3) is 2.92. The Morgan fingerprint density at radius 1 is 1.23 bits per heavy atom. The number of ether oxygens (including phenoxy) is 1. The van der Waals surface area contributed by atoms with Gasteiger partial charge in [-0.05, 0) is 41.9 Å². The van der Waals surface area contributed by atoms with Crippen LogP contribution in [0.3, 0.4) is 0 Å². The summed E-state index contributed by atoms with van der Waals surface area (Å²) in [5, 5.41) is 16.8. The monoisotopic (exact) mass is 295 g/mol. The molecule has 3 rings (SSSR count). The average molecular weight is 295 g/mol. The van der Waals surface area contributed by atoms with E-state index in [-0.39, 0.29) is 18.3 Å². The van der Waals surface area contributed by atoms with Gasteiger partial charge in [-0.25, -0.2) is 0 Å². The molecule has 3 fully saturated rings. The smallest absolute Gasteiger partial charge is 0.277 e. The fraction of sp³-hybridized carbons (Fsp3) is 1.00. The number of likely N-dealkylation sites (tertiary alicyclic amines) is 1. The van der Waals surface area contributed by atoms with Crippen LogP contribution in [-0.4, -0.2) is 76.3 Å². The second-order valence-corrected chi connectivity index (χ2v) is 7.92. The van der Waals surface area contributed by atoms with Gasteiger partial charge in [0.05, 0.1) is 31.4 Å². The molecule has 0 aromatic rings. The quantitative estimate of drug-likeness (QED) is 0.515. The maximum atomic E-state index is 9.84. The number of rotatable bonds is 2. The van der Waals surface area contributed by atoms with Crippen LogP contribution >= 0.6 is 0 Å². The van der Waals surface area contributed by atoms with E-state index < -0.39 is 22.6 Å². The number of nitrogens with zero attached hydrogens (tertiary/aromatic N) is 1. The van der Waals surface area contributed by atoms with Crippen molar-refractivity contribution in [2.45, 2.75) is 55.7 Å². The molecule has 2 N–H and O–H groups in total. The summed E-state index contributed by atoms with van der Waals surface area (Å²) in [5.74, 6) is -2.29. The summed E-state index contributed by atoms with van der Waals surface area (Å²) in [7, 11) is 24.4. The lowest BCUT2D eigenvalue weighted by molar-refractivity contribution is -0.376. The van der Waals surface area contributed by atoms with E-state index in [0.717, 1.165) is 13.1 Å². The molecule has 4 nitrogen and oxygen atoms in total. The van der Waals surface area contributed by atoms with E-state index in [4.69, 9.17) is 36.1 Å². The highest BCUT2D eigenvalue weighted by Gasteiger charge is 2.53. The Hall–Kier alpha value is 0.0997. The minimum atomic E-state index is -2.41. The van der Waals surface area contributed by atoms with Gasteiger partial charge >= 0.3 is 0 Å². The molecular formula is C14H21B4NO3. The lowest BCUT2D eigenvalue weighted by Gasteiger charge is -2.52. The summed E-state index contributed by atoms with van der Waals surface area (Å²) in [6.07, 6.45) is 3.67. The summed E-state index contributed by atoms with van der Waals surface area (Å²) >= 11 is 0. The molecule has 0 bridgehead atoms. The van der Waals surface area contributed by atoms with Crippen LogP contribution in [0.15, 0.2) is 0 Å². The third-order valence-electron chi connectivity index (χ3n) is 5.91. The molecule has 0 aromatic heterocycles. The minimum absolute atomic E-state index is 0.117. The van der Waals surface area contributed by atoms with Crippen LogP contribution in [-0.2, 0) is 4.74 Å². The van der Waals surface area contributed by atoms with E-state index in [1.54, 1.807) is 0 Å². The van der Waals surface area contributed by atoms with E-state index >= 15 is 0 Å². The zero-order chi connectivity index (χ0) is 16.4. The van der Waals surface area contributed by atoms with Crippen molar-refractivity contribution in [3.8, 4) is 0 Å². The summed E-state index contributed by atoms with van der Waals surface area (Å²) in [6, 6.07) is 0. The van der Waals surface area contributed by atoms with Gasteiger partial charge in [0.15, 0.2) is 0 Å². The van der Waals surface area contributed by atoms with Crippen molar-refractivity contribution in [3.63, 3.8) is 0 Å². The molecule has 1 aliphatic carbocycles. The van der Waals surface area contributed by atoms with Gasteiger partial charge in [0, 0.05) is 19.5 Å². The highest BCUT2D eigenvalue weighted by molar-refractivity contribution is 6.41. The van der Waals surface area contributed by atoms with E-state index in [1.165, 1.54) is 19.3 Å². The molecule has 2 heterocycles. The van der Waals surface area contributed by atoms with Crippen LogP contribution in [0.25, 0.3) is 0 Å². The van der Waals surface area contributed by atoms with Gasteiger partial charge < -0.3 is 19.8 Å². The van der Waals surface area contributed by atoms with E-state index in [9.17, 15) is 10.2 Å². The second kappa shape index (κ2) is 5.05. The van der Waals surface area contributed by atoms with Crippen LogP contribution in [0.4, 0.5) is 0 Å². The maximum Gasteiger partial charge on any atom is 0.277 e. The summed E-state index contributed by atoms with van der Waals surface area (Å²) in [5.41, 5.74) is 0.243. The van der Waals surface area contributed by atoms with Gasteiger partial charge in [0.1, 0.15) is 0 Å². The second-order valence-electron chi connectivity index (χ2n) is 7.92. The van der Waals surface area contributed by atoms with Gasteiger partial charge in [0.25, 0.3) is 5.97 Å². The van der Waals surface area contributed by atoms with Crippen LogP contribution in [0, 0.1) is 17.3 Å². The van der Waals surface area contributed by atoms with Crippen molar-refractivity contribution in [2.24, 2.45) is 17.3 Å². The van der Waals surface area contributed by atoms with Crippen LogP contribution in [0.1, 0.15) is 39.0 Å². The first-order valence-corrected chi connectivity index (χ1v) is 7.99. The molecule has 1 saturated carbocycles. The van der Waals surface area contributed by atoms with Gasteiger partial charge in [-0.15, -0.1) is 0 Å². The van der Waals surface area contributed by atoms with Crippen LogP contribution in [0.2, 0.25) is 0 Å². The Kier molecular flexibility index (Phi) is 3.89. The number of fused-ring (bicyclic) bond motifs is 1. The molecule has 0 amide bonds. The molecule has 8 heteroatoms. The Bertz CT molecular complexity index is 443. The average Bonchev–Trinajstić information content (AvgIpc) is 2.79. The first kappa shape index (κ1) is 16.9. The summed E-state index contributed by atoms with van der Waals surface area (Å²) < 4.78 is 4.88. The van der Waals surface area contributed by atoms with Crippen LogP contribution < -0.4 is 0 Å². The number of hydrogen-bond donors (Lipinski definition) is 2. The molecule has 3 aliphatic rings. The topological polar surface area (TPSA) is 52.9 Å². The largest absolute Gasteiger partial charge is 0.343 e. The Labute approximate surface area is 138 Å². The molecule has 2 unspecified atom stereocenters. The Morgan fingerprint density at radius 2 is 1.91 bits per heavy atom. The van der Waals surface area contributed by atoms with Crippen molar-refractivity contribution in [3.05, 3.63) is 0 Å². The van der Waals surface area contributed by atoms with Gasteiger partial charge in [-0.3, -0.25) is 0 Å². The molecule has 2 aliphatic heterocycles. The first-order chi connectivity index (χ1) is 9.94. The lowest BCUT2D eigenvalue weighted by Crippen LogP contribution is -2.63. The fourth-order valence-electron chi connectivity index (χ4n) is 4.64. The Balaban J connectivity index is 1.78. The molecule has 112 valence electrons. The predicted octanol–water partition coefficient (Wildman–Crippen LogP) is -0.845. The van der Waals surface area contributed by atoms with Crippen molar-refractivity contribution in [2.75, 3.05) is 13.1 Å². The molecule has 3 atom stereocenters. The SMILES string of the molecule is [B]C1([B])CC(C([B])([B])N2CC3CCC[C@]3(C)C2)CC(O)(O)O1. The van der Waals surface area contributed by atoms with Crippen molar-refractivity contribution < 1.29 is 14.9 Å². The molecule has 8 radical (unpaired) electrons. The highest BCUT2D eigenvalue weighted by Crippen LogP contribution is 2.51.